The number of hydrogen-bond acceptors (Lipinski definition) is 4. The van der Waals surface area contributed by atoms with Crippen molar-refractivity contribution in [3.05, 3.63) is 17.7 Å². The maximum atomic E-state index is 9.72. The molecule has 0 amide bonds. The first-order valence-corrected chi connectivity index (χ1v) is 4.59. The van der Waals surface area contributed by atoms with Gasteiger partial charge in [-0.2, -0.15) is 0 Å². The largest absolute Gasteiger partial charge is 0.493 e. The fourth-order valence-electron chi connectivity index (χ4n) is 1.76. The van der Waals surface area contributed by atoms with Crippen LogP contribution in [-0.4, -0.2) is 18.5 Å². The van der Waals surface area contributed by atoms with Crippen LogP contribution in [0.3, 0.4) is 0 Å². The summed E-state index contributed by atoms with van der Waals surface area (Å²) in [6.45, 7) is 0.794. The molecule has 14 heavy (non-hydrogen) atoms. The normalized spacial score (nSPS) is 22.8. The molecule has 4 nitrogen and oxygen atoms in total. The highest BCUT2D eigenvalue weighted by atomic mass is 16.7. The van der Waals surface area contributed by atoms with Crippen molar-refractivity contribution in [2.75, 3.05) is 13.4 Å². The average Bonchev–Trinajstić information content (AvgIpc) is 2.62. The van der Waals surface area contributed by atoms with Gasteiger partial charge in [-0.05, 0) is 6.07 Å². The maximum absolute atomic E-state index is 9.72. The molecular formula is C10H10O4. The fourth-order valence-corrected chi connectivity index (χ4v) is 1.76. The molecular weight excluding hydrogens is 184 g/mol. The molecule has 0 aromatic heterocycles. The molecule has 0 aliphatic carbocycles. The molecule has 2 heterocycles. The third-order valence-electron chi connectivity index (χ3n) is 2.51. The van der Waals surface area contributed by atoms with E-state index in [1.165, 1.54) is 0 Å². The van der Waals surface area contributed by atoms with Crippen molar-refractivity contribution in [3.8, 4) is 17.2 Å². The van der Waals surface area contributed by atoms with Crippen molar-refractivity contribution >= 4 is 0 Å². The van der Waals surface area contributed by atoms with E-state index in [2.05, 4.69) is 0 Å². The standard InChI is InChI=1S/C10H10O4/c11-7-1-2-12-8-4-10-9(3-6(7)8)13-5-14-10/h3-4,7,11H,1-2,5H2. The van der Waals surface area contributed by atoms with E-state index in [0.29, 0.717) is 30.3 Å². The van der Waals surface area contributed by atoms with Crippen LogP contribution >= 0.6 is 0 Å². The second-order valence-electron chi connectivity index (χ2n) is 3.40. The summed E-state index contributed by atoms with van der Waals surface area (Å²) in [6, 6.07) is 3.57. The second-order valence-corrected chi connectivity index (χ2v) is 3.40. The second kappa shape index (κ2) is 2.78. The van der Waals surface area contributed by atoms with Gasteiger partial charge in [-0.3, -0.25) is 0 Å². The van der Waals surface area contributed by atoms with Crippen LogP contribution in [0, 0.1) is 0 Å². The molecule has 1 atom stereocenters. The molecule has 0 saturated carbocycles. The van der Waals surface area contributed by atoms with Gasteiger partial charge in [0.2, 0.25) is 6.79 Å². The van der Waals surface area contributed by atoms with Gasteiger partial charge in [-0.15, -0.1) is 0 Å². The summed E-state index contributed by atoms with van der Waals surface area (Å²) in [5.41, 5.74) is 0.792. The van der Waals surface area contributed by atoms with Gasteiger partial charge in [-0.25, -0.2) is 0 Å². The van der Waals surface area contributed by atoms with Gasteiger partial charge in [0.25, 0.3) is 0 Å². The van der Waals surface area contributed by atoms with Crippen molar-refractivity contribution in [2.45, 2.75) is 12.5 Å². The van der Waals surface area contributed by atoms with E-state index in [1.54, 1.807) is 12.1 Å². The zero-order valence-electron chi connectivity index (χ0n) is 7.53. The van der Waals surface area contributed by atoms with E-state index in [9.17, 15) is 5.11 Å². The lowest BCUT2D eigenvalue weighted by Gasteiger charge is -2.22. The molecule has 0 radical (unpaired) electrons. The van der Waals surface area contributed by atoms with Gasteiger partial charge in [0, 0.05) is 18.1 Å². The molecule has 0 fully saturated rings. The highest BCUT2D eigenvalue weighted by Crippen LogP contribution is 2.42. The predicted octanol–water partition coefficient (Wildman–Crippen LogP) is 1.23. The summed E-state index contributed by atoms with van der Waals surface area (Å²) in [5, 5.41) is 9.72. The Bertz CT molecular complexity index is 375. The molecule has 0 saturated heterocycles. The minimum Gasteiger partial charge on any atom is -0.493 e. The summed E-state index contributed by atoms with van der Waals surface area (Å²) >= 11 is 0. The van der Waals surface area contributed by atoms with Gasteiger partial charge in [-0.1, -0.05) is 0 Å². The zero-order valence-corrected chi connectivity index (χ0v) is 7.53. The molecule has 0 bridgehead atoms. The zero-order chi connectivity index (χ0) is 9.54. The molecule has 1 N–H and O–H groups in total. The van der Waals surface area contributed by atoms with E-state index in [-0.39, 0.29) is 6.79 Å². The van der Waals surface area contributed by atoms with Crippen LogP contribution in [-0.2, 0) is 0 Å². The van der Waals surface area contributed by atoms with Gasteiger partial charge in [0.1, 0.15) is 5.75 Å². The SMILES string of the molecule is OC1CCOc2cc3c(cc21)OCO3. The molecule has 74 valence electrons. The molecule has 1 aromatic rings. The molecule has 1 unspecified atom stereocenters. The number of hydrogen-bond donors (Lipinski definition) is 1. The number of fused-ring (bicyclic) bond motifs is 2. The maximum Gasteiger partial charge on any atom is 0.231 e. The van der Waals surface area contributed by atoms with Crippen molar-refractivity contribution in [3.63, 3.8) is 0 Å². The Kier molecular flexibility index (Phi) is 1.58. The molecule has 0 spiro atoms. The summed E-state index contributed by atoms with van der Waals surface area (Å²) < 4.78 is 15.9. The van der Waals surface area contributed by atoms with Crippen LogP contribution in [0.4, 0.5) is 0 Å². The van der Waals surface area contributed by atoms with Gasteiger partial charge in [0.15, 0.2) is 11.5 Å². The number of aliphatic hydroxyl groups is 1. The summed E-state index contributed by atoms with van der Waals surface area (Å²) in [6.07, 6.45) is 0.181. The van der Waals surface area contributed by atoms with Crippen molar-refractivity contribution < 1.29 is 19.3 Å². The predicted molar refractivity (Wildman–Crippen MR) is 47.6 cm³/mol. The fraction of sp³-hybridized carbons (Fsp3) is 0.400. The van der Waals surface area contributed by atoms with E-state index >= 15 is 0 Å². The molecule has 2 aliphatic rings. The van der Waals surface area contributed by atoms with Gasteiger partial charge >= 0.3 is 0 Å². The summed E-state index contributed by atoms with van der Waals surface area (Å²) in [7, 11) is 0. The van der Waals surface area contributed by atoms with E-state index in [4.69, 9.17) is 14.2 Å². The van der Waals surface area contributed by atoms with Crippen LogP contribution < -0.4 is 14.2 Å². The Morgan fingerprint density at radius 1 is 1.07 bits per heavy atom. The Morgan fingerprint density at radius 3 is 2.71 bits per heavy atom. The lowest BCUT2D eigenvalue weighted by Crippen LogP contribution is -2.13. The van der Waals surface area contributed by atoms with Crippen molar-refractivity contribution in [1.82, 2.24) is 0 Å². The summed E-state index contributed by atoms with van der Waals surface area (Å²) in [5.74, 6) is 2.08. The monoisotopic (exact) mass is 194 g/mol. The number of ether oxygens (including phenoxy) is 3. The topological polar surface area (TPSA) is 47.9 Å². The van der Waals surface area contributed by atoms with Crippen LogP contribution in [0.5, 0.6) is 17.2 Å². The van der Waals surface area contributed by atoms with E-state index < -0.39 is 6.10 Å². The quantitative estimate of drug-likeness (QED) is 0.674. The van der Waals surface area contributed by atoms with Crippen LogP contribution in [0.25, 0.3) is 0 Å². The van der Waals surface area contributed by atoms with Crippen LogP contribution in [0.15, 0.2) is 12.1 Å². The van der Waals surface area contributed by atoms with Crippen LogP contribution in [0.1, 0.15) is 18.1 Å². The van der Waals surface area contributed by atoms with Gasteiger partial charge in [0.05, 0.1) is 12.7 Å². The average molecular weight is 194 g/mol. The highest BCUT2D eigenvalue weighted by Gasteiger charge is 2.24. The lowest BCUT2D eigenvalue weighted by molar-refractivity contribution is 0.115. The van der Waals surface area contributed by atoms with E-state index in [0.717, 1.165) is 5.56 Å². The minimum absolute atomic E-state index is 0.244. The first-order chi connectivity index (χ1) is 6.84. The summed E-state index contributed by atoms with van der Waals surface area (Å²) in [4.78, 5) is 0. The molecule has 2 aliphatic heterocycles. The molecule has 1 aromatic carbocycles. The number of rotatable bonds is 0. The third-order valence-corrected chi connectivity index (χ3v) is 2.51. The Labute approximate surface area is 81.0 Å². The van der Waals surface area contributed by atoms with Gasteiger partial charge < -0.3 is 19.3 Å². The Hall–Kier alpha value is -1.42. The van der Waals surface area contributed by atoms with E-state index in [1.807, 2.05) is 0 Å². The van der Waals surface area contributed by atoms with Crippen molar-refractivity contribution in [1.29, 1.82) is 0 Å². The van der Waals surface area contributed by atoms with Crippen molar-refractivity contribution in [2.24, 2.45) is 0 Å². The Balaban J connectivity index is 2.12. The third kappa shape index (κ3) is 1.04. The molecule has 3 rings (SSSR count). The van der Waals surface area contributed by atoms with Crippen LogP contribution in [0.2, 0.25) is 0 Å². The Morgan fingerprint density at radius 2 is 1.86 bits per heavy atom. The lowest BCUT2D eigenvalue weighted by atomic mass is 10.0. The smallest absolute Gasteiger partial charge is 0.231 e. The number of aliphatic hydroxyl groups excluding tert-OH is 1. The first-order valence-electron chi connectivity index (χ1n) is 4.59. The highest BCUT2D eigenvalue weighted by molar-refractivity contribution is 5.53. The number of benzene rings is 1. The minimum atomic E-state index is -0.451. The first kappa shape index (κ1) is 7.94. The molecule has 4 heteroatoms.